The third-order valence-corrected chi connectivity index (χ3v) is 2.52. The lowest BCUT2D eigenvalue weighted by Gasteiger charge is -2.01. The Morgan fingerprint density at radius 3 is 2.33 bits per heavy atom. The second-order valence-corrected chi connectivity index (χ2v) is 3.86. The lowest BCUT2D eigenvalue weighted by Crippen LogP contribution is -2.00. The van der Waals surface area contributed by atoms with Crippen LogP contribution in [0.4, 0.5) is 0 Å². The van der Waals surface area contributed by atoms with E-state index in [2.05, 4.69) is 12.1 Å². The van der Waals surface area contributed by atoms with Crippen molar-refractivity contribution in [3.8, 4) is 0 Å². The number of hydrogen-bond acceptors (Lipinski definition) is 1. The Labute approximate surface area is 93.3 Å². The van der Waals surface area contributed by atoms with E-state index in [9.17, 15) is 4.79 Å². The summed E-state index contributed by atoms with van der Waals surface area (Å²) < 4.78 is 0. The molecule has 15 heavy (non-hydrogen) atoms. The molecule has 0 saturated carbocycles. The van der Waals surface area contributed by atoms with Gasteiger partial charge in [0.25, 0.3) is 0 Å². The Hall–Kier alpha value is -1.05. The molecule has 0 spiro atoms. The summed E-state index contributed by atoms with van der Waals surface area (Å²) in [4.78, 5) is 10.1. The molecule has 0 saturated heterocycles. The molecule has 0 unspecified atom stereocenters. The summed E-state index contributed by atoms with van der Waals surface area (Å²) in [6.07, 6.45) is 7.42. The Kier molecular flexibility index (Phi) is 5.83. The van der Waals surface area contributed by atoms with Gasteiger partial charge in [-0.05, 0) is 24.8 Å². The van der Waals surface area contributed by atoms with Gasteiger partial charge in [-0.2, -0.15) is 0 Å². The van der Waals surface area contributed by atoms with Gasteiger partial charge in [0.1, 0.15) is 14.1 Å². The normalized spacial score (nSPS) is 10.1. The van der Waals surface area contributed by atoms with E-state index in [4.69, 9.17) is 7.85 Å². The number of carbonyl (C=O) groups is 1. The van der Waals surface area contributed by atoms with Crippen molar-refractivity contribution in [2.24, 2.45) is 0 Å². The van der Waals surface area contributed by atoms with E-state index in [0.29, 0.717) is 6.42 Å². The van der Waals surface area contributed by atoms with E-state index < -0.39 is 0 Å². The molecule has 0 atom stereocenters. The van der Waals surface area contributed by atoms with Gasteiger partial charge >= 0.3 is 0 Å². The number of aldehydes is 1. The van der Waals surface area contributed by atoms with Gasteiger partial charge in [0.15, 0.2) is 0 Å². The molecular formula is C13H17BO. The standard InChI is InChI=1S/C13H17BO/c14-13-9-7-12(8-10-13)6-4-2-1-3-5-11-15/h7-11H,1-6H2. The third-order valence-electron chi connectivity index (χ3n) is 2.52. The van der Waals surface area contributed by atoms with Gasteiger partial charge in [-0.3, -0.25) is 0 Å². The van der Waals surface area contributed by atoms with Gasteiger partial charge in [-0.15, -0.1) is 0 Å². The van der Waals surface area contributed by atoms with Crippen LogP contribution in [-0.2, 0) is 11.2 Å². The number of rotatable bonds is 7. The minimum Gasteiger partial charge on any atom is -0.303 e. The molecule has 1 rings (SSSR count). The Balaban J connectivity index is 2.09. The molecular weight excluding hydrogens is 183 g/mol. The fraction of sp³-hybridized carbons (Fsp3) is 0.462. The van der Waals surface area contributed by atoms with Crippen LogP contribution in [0.1, 0.15) is 37.7 Å². The van der Waals surface area contributed by atoms with Crippen molar-refractivity contribution in [1.29, 1.82) is 0 Å². The number of aryl methyl sites for hydroxylation is 1. The molecule has 0 heterocycles. The molecule has 1 aromatic rings. The Morgan fingerprint density at radius 1 is 1.00 bits per heavy atom. The Bertz CT molecular complexity index is 279. The molecule has 0 N–H and O–H groups in total. The summed E-state index contributed by atoms with van der Waals surface area (Å²) in [5, 5.41) is 0. The van der Waals surface area contributed by atoms with Crippen LogP contribution < -0.4 is 5.46 Å². The maximum atomic E-state index is 10.1. The molecule has 0 aliphatic carbocycles. The largest absolute Gasteiger partial charge is 0.303 e. The average Bonchev–Trinajstić information content (AvgIpc) is 2.26. The van der Waals surface area contributed by atoms with Gasteiger partial charge < -0.3 is 4.79 Å². The van der Waals surface area contributed by atoms with Crippen molar-refractivity contribution in [1.82, 2.24) is 0 Å². The second kappa shape index (κ2) is 7.27. The van der Waals surface area contributed by atoms with Gasteiger partial charge in [0.2, 0.25) is 0 Å². The average molecular weight is 200 g/mol. The van der Waals surface area contributed by atoms with E-state index in [0.717, 1.165) is 31.0 Å². The quantitative estimate of drug-likeness (QED) is 0.374. The van der Waals surface area contributed by atoms with Gasteiger partial charge in [0, 0.05) is 6.42 Å². The molecule has 2 heteroatoms. The zero-order valence-corrected chi connectivity index (χ0v) is 9.11. The predicted molar refractivity (Wildman–Crippen MR) is 64.7 cm³/mol. The van der Waals surface area contributed by atoms with Crippen molar-refractivity contribution in [3.05, 3.63) is 29.8 Å². The molecule has 0 fully saturated rings. The van der Waals surface area contributed by atoms with Crippen molar-refractivity contribution in [2.45, 2.75) is 38.5 Å². The second-order valence-electron chi connectivity index (χ2n) is 3.86. The molecule has 1 nitrogen and oxygen atoms in total. The highest BCUT2D eigenvalue weighted by Gasteiger charge is 1.93. The number of benzene rings is 1. The zero-order valence-electron chi connectivity index (χ0n) is 9.11. The maximum absolute atomic E-state index is 10.1. The highest BCUT2D eigenvalue weighted by Crippen LogP contribution is 2.07. The van der Waals surface area contributed by atoms with E-state index in [-0.39, 0.29) is 0 Å². The van der Waals surface area contributed by atoms with Gasteiger partial charge in [-0.25, -0.2) is 0 Å². The lowest BCUT2D eigenvalue weighted by molar-refractivity contribution is -0.107. The highest BCUT2D eigenvalue weighted by molar-refractivity contribution is 6.32. The summed E-state index contributed by atoms with van der Waals surface area (Å²) >= 11 is 0. The number of unbranched alkanes of at least 4 members (excludes halogenated alkanes) is 4. The predicted octanol–water partition coefficient (Wildman–Crippen LogP) is 2.17. The van der Waals surface area contributed by atoms with Crippen LogP contribution in [0.25, 0.3) is 0 Å². The molecule has 0 amide bonds. The van der Waals surface area contributed by atoms with Gasteiger partial charge in [0.05, 0.1) is 0 Å². The van der Waals surface area contributed by atoms with Crippen LogP contribution in [0.5, 0.6) is 0 Å². The van der Waals surface area contributed by atoms with E-state index in [1.165, 1.54) is 18.4 Å². The van der Waals surface area contributed by atoms with E-state index in [1.54, 1.807) is 0 Å². The van der Waals surface area contributed by atoms with Crippen LogP contribution in [0, 0.1) is 0 Å². The van der Waals surface area contributed by atoms with Crippen LogP contribution in [0.2, 0.25) is 0 Å². The first kappa shape index (κ1) is 12.0. The van der Waals surface area contributed by atoms with E-state index >= 15 is 0 Å². The Morgan fingerprint density at radius 2 is 1.67 bits per heavy atom. The van der Waals surface area contributed by atoms with Crippen LogP contribution in [-0.4, -0.2) is 14.1 Å². The summed E-state index contributed by atoms with van der Waals surface area (Å²) in [5.41, 5.74) is 2.17. The highest BCUT2D eigenvalue weighted by atomic mass is 16.1. The number of carbonyl (C=O) groups excluding carboxylic acids is 1. The van der Waals surface area contributed by atoms with Crippen molar-refractivity contribution in [3.63, 3.8) is 0 Å². The smallest absolute Gasteiger partial charge is 0.119 e. The maximum Gasteiger partial charge on any atom is 0.119 e. The summed E-state index contributed by atoms with van der Waals surface area (Å²) in [5.74, 6) is 0. The SMILES string of the molecule is [B]c1ccc(CCCCCCC=O)cc1. The molecule has 2 radical (unpaired) electrons. The minimum atomic E-state index is 0.710. The fourth-order valence-corrected chi connectivity index (χ4v) is 1.59. The summed E-state index contributed by atoms with van der Waals surface area (Å²) in [6.45, 7) is 0. The van der Waals surface area contributed by atoms with Crippen LogP contribution in [0.3, 0.4) is 0 Å². The summed E-state index contributed by atoms with van der Waals surface area (Å²) in [6, 6.07) is 8.06. The van der Waals surface area contributed by atoms with Crippen molar-refractivity contribution in [2.75, 3.05) is 0 Å². The molecule has 0 aromatic heterocycles. The first-order chi connectivity index (χ1) is 7.33. The van der Waals surface area contributed by atoms with Crippen LogP contribution in [0.15, 0.2) is 24.3 Å². The monoisotopic (exact) mass is 200 g/mol. The first-order valence-electron chi connectivity index (χ1n) is 5.61. The molecule has 0 bridgehead atoms. The fourth-order valence-electron chi connectivity index (χ4n) is 1.59. The third kappa shape index (κ3) is 5.41. The zero-order chi connectivity index (χ0) is 10.9. The summed E-state index contributed by atoms with van der Waals surface area (Å²) in [7, 11) is 5.60. The molecule has 0 aliphatic rings. The minimum absolute atomic E-state index is 0.710. The topological polar surface area (TPSA) is 17.1 Å². The number of hydrogen-bond donors (Lipinski definition) is 0. The lowest BCUT2D eigenvalue weighted by atomic mass is 9.94. The molecule has 78 valence electrons. The van der Waals surface area contributed by atoms with Crippen molar-refractivity contribution >= 4 is 19.6 Å². The van der Waals surface area contributed by atoms with Crippen LogP contribution >= 0.6 is 0 Å². The van der Waals surface area contributed by atoms with Gasteiger partial charge in [-0.1, -0.05) is 42.6 Å². The van der Waals surface area contributed by atoms with E-state index in [1.807, 2.05) is 12.1 Å². The first-order valence-corrected chi connectivity index (χ1v) is 5.61. The molecule has 0 aliphatic heterocycles. The molecule has 1 aromatic carbocycles. The van der Waals surface area contributed by atoms with Crippen molar-refractivity contribution < 1.29 is 4.79 Å².